The fourth-order valence-electron chi connectivity index (χ4n) is 2.26. The van der Waals surface area contributed by atoms with Crippen LogP contribution in [0.1, 0.15) is 27.7 Å². The summed E-state index contributed by atoms with van der Waals surface area (Å²) in [6, 6.07) is 7.81. The number of aromatic nitrogens is 1. The Kier molecular flexibility index (Phi) is 4.32. The van der Waals surface area contributed by atoms with Crippen LogP contribution >= 0.6 is 11.6 Å². The first-order valence-electron chi connectivity index (χ1n) is 7.62. The summed E-state index contributed by atoms with van der Waals surface area (Å²) < 4.78 is 31.6. The molecule has 0 aliphatic carbocycles. The van der Waals surface area contributed by atoms with E-state index in [2.05, 4.69) is 4.98 Å². The van der Waals surface area contributed by atoms with Crippen molar-refractivity contribution >= 4 is 24.2 Å². The number of benzene rings is 1. The molecule has 0 amide bonds. The quantitative estimate of drug-likeness (QED) is 0.786. The Labute approximate surface area is 146 Å². The van der Waals surface area contributed by atoms with Crippen LogP contribution in [-0.4, -0.2) is 23.3 Å². The second-order valence-electron chi connectivity index (χ2n) is 6.69. The van der Waals surface area contributed by atoms with E-state index in [0.717, 1.165) is 0 Å². The molecule has 0 bridgehead atoms. The maximum Gasteiger partial charge on any atom is 0.494 e. The molecule has 126 valence electrons. The third kappa shape index (κ3) is 3.27. The molecule has 2 heterocycles. The van der Waals surface area contributed by atoms with Crippen LogP contribution in [0.4, 0.5) is 4.39 Å². The fraction of sp³-hybridized carbons (Fsp3) is 0.353. The molecule has 2 aromatic rings. The van der Waals surface area contributed by atoms with Crippen molar-refractivity contribution in [1.82, 2.24) is 4.98 Å². The summed E-state index contributed by atoms with van der Waals surface area (Å²) >= 11 is 5.77. The van der Waals surface area contributed by atoms with Gasteiger partial charge in [-0.15, -0.1) is 0 Å². The van der Waals surface area contributed by atoms with E-state index in [0.29, 0.717) is 10.5 Å². The van der Waals surface area contributed by atoms with Crippen LogP contribution in [0.3, 0.4) is 0 Å². The van der Waals surface area contributed by atoms with Gasteiger partial charge in [0.15, 0.2) is 11.6 Å². The Morgan fingerprint density at radius 2 is 1.75 bits per heavy atom. The van der Waals surface area contributed by atoms with E-state index in [-0.39, 0.29) is 11.6 Å². The fourth-order valence-corrected chi connectivity index (χ4v) is 2.37. The van der Waals surface area contributed by atoms with Crippen molar-refractivity contribution < 1.29 is 18.4 Å². The third-order valence-corrected chi connectivity index (χ3v) is 4.62. The van der Waals surface area contributed by atoms with Crippen molar-refractivity contribution in [3.8, 4) is 11.6 Å². The predicted octanol–water partition coefficient (Wildman–Crippen LogP) is 3.97. The summed E-state index contributed by atoms with van der Waals surface area (Å²) in [5.41, 5.74) is -0.352. The predicted molar refractivity (Wildman–Crippen MR) is 91.4 cm³/mol. The van der Waals surface area contributed by atoms with Gasteiger partial charge in [0.1, 0.15) is 0 Å². The first-order valence-corrected chi connectivity index (χ1v) is 8.00. The average Bonchev–Trinajstić information content (AvgIpc) is 2.72. The first kappa shape index (κ1) is 17.2. The highest BCUT2D eigenvalue weighted by Gasteiger charge is 2.51. The zero-order valence-electron chi connectivity index (χ0n) is 14.0. The molecule has 1 aliphatic rings. The molecular formula is C17H18BClFNO3. The Bertz CT molecular complexity index is 736. The Morgan fingerprint density at radius 3 is 2.29 bits per heavy atom. The van der Waals surface area contributed by atoms with Crippen LogP contribution in [0.25, 0.3) is 0 Å². The summed E-state index contributed by atoms with van der Waals surface area (Å²) in [5, 5.41) is 0.485. The van der Waals surface area contributed by atoms with Crippen LogP contribution < -0.4 is 10.2 Å². The van der Waals surface area contributed by atoms with Crippen molar-refractivity contribution in [3.63, 3.8) is 0 Å². The highest BCUT2D eigenvalue weighted by atomic mass is 35.5. The number of hydrogen-bond acceptors (Lipinski definition) is 4. The van der Waals surface area contributed by atoms with E-state index in [1.807, 2.05) is 27.7 Å². The molecule has 0 spiro atoms. The summed E-state index contributed by atoms with van der Waals surface area (Å²) in [6.07, 6.45) is 1.44. The van der Waals surface area contributed by atoms with E-state index in [1.165, 1.54) is 18.3 Å². The minimum absolute atomic E-state index is 0.0742. The molecule has 0 N–H and O–H groups in total. The lowest BCUT2D eigenvalue weighted by Crippen LogP contribution is -2.41. The second kappa shape index (κ2) is 6.03. The highest BCUT2D eigenvalue weighted by molar-refractivity contribution is 6.62. The molecule has 0 saturated carbocycles. The van der Waals surface area contributed by atoms with Crippen LogP contribution in [0, 0.1) is 5.82 Å². The van der Waals surface area contributed by atoms with Gasteiger partial charge in [0.2, 0.25) is 5.88 Å². The van der Waals surface area contributed by atoms with Gasteiger partial charge in [-0.2, -0.15) is 0 Å². The largest absolute Gasteiger partial charge is 0.494 e. The summed E-state index contributed by atoms with van der Waals surface area (Å²) in [5.74, 6) is -0.175. The summed E-state index contributed by atoms with van der Waals surface area (Å²) in [4.78, 5) is 3.98. The summed E-state index contributed by atoms with van der Waals surface area (Å²) in [7, 11) is -0.618. The van der Waals surface area contributed by atoms with Crippen molar-refractivity contribution in [2.75, 3.05) is 0 Å². The topological polar surface area (TPSA) is 40.6 Å². The molecule has 3 rings (SSSR count). The van der Waals surface area contributed by atoms with Crippen LogP contribution in [0.2, 0.25) is 5.02 Å². The van der Waals surface area contributed by atoms with Gasteiger partial charge >= 0.3 is 7.12 Å². The van der Waals surface area contributed by atoms with Gasteiger partial charge in [-0.3, -0.25) is 0 Å². The van der Waals surface area contributed by atoms with Crippen molar-refractivity contribution in [2.24, 2.45) is 0 Å². The maximum atomic E-state index is 14.4. The lowest BCUT2D eigenvalue weighted by atomic mass is 9.79. The van der Waals surface area contributed by atoms with Crippen molar-refractivity contribution in [1.29, 1.82) is 0 Å². The second-order valence-corrected chi connectivity index (χ2v) is 7.13. The molecule has 0 unspecified atom stereocenters. The van der Waals surface area contributed by atoms with Gasteiger partial charge in [0, 0.05) is 12.3 Å². The lowest BCUT2D eigenvalue weighted by molar-refractivity contribution is 0.00578. The van der Waals surface area contributed by atoms with Gasteiger partial charge in [-0.1, -0.05) is 17.7 Å². The molecule has 1 aromatic heterocycles. The number of ether oxygens (including phenoxy) is 1. The van der Waals surface area contributed by atoms with Gasteiger partial charge in [-0.05, 0) is 51.4 Å². The molecule has 1 aliphatic heterocycles. The minimum Gasteiger partial charge on any atom is -0.436 e. The van der Waals surface area contributed by atoms with E-state index in [4.69, 9.17) is 25.6 Å². The highest BCUT2D eigenvalue weighted by Crippen LogP contribution is 2.36. The van der Waals surface area contributed by atoms with E-state index >= 15 is 0 Å². The molecule has 1 aromatic carbocycles. The molecular weight excluding hydrogens is 331 g/mol. The molecule has 0 radical (unpaired) electrons. The van der Waals surface area contributed by atoms with E-state index in [9.17, 15) is 4.39 Å². The summed E-state index contributed by atoms with van der Waals surface area (Å²) in [6.45, 7) is 7.81. The van der Waals surface area contributed by atoms with Gasteiger partial charge in [0.05, 0.1) is 16.2 Å². The Hall–Kier alpha value is -1.63. The standard InChI is InChI=1S/C17H18BClFNO3/c1-16(2)17(3,4)24-18(23-16)11-5-7-14(13(20)9-11)22-15-8-6-12(19)10-21-15/h5-10H,1-4H3. The smallest absolute Gasteiger partial charge is 0.436 e. The van der Waals surface area contributed by atoms with Crippen LogP contribution in [0.15, 0.2) is 36.5 Å². The van der Waals surface area contributed by atoms with E-state index in [1.54, 1.807) is 18.2 Å². The van der Waals surface area contributed by atoms with Gasteiger partial charge < -0.3 is 14.0 Å². The minimum atomic E-state index is -0.618. The molecule has 1 fully saturated rings. The maximum absolute atomic E-state index is 14.4. The van der Waals surface area contributed by atoms with Crippen LogP contribution in [-0.2, 0) is 9.31 Å². The number of pyridine rings is 1. The Balaban J connectivity index is 1.79. The SMILES string of the molecule is CC1(C)OB(c2ccc(Oc3ccc(Cl)cn3)c(F)c2)OC1(C)C. The number of rotatable bonds is 3. The van der Waals surface area contributed by atoms with Gasteiger partial charge in [0.25, 0.3) is 0 Å². The Morgan fingerprint density at radius 1 is 1.08 bits per heavy atom. The van der Waals surface area contributed by atoms with Crippen LogP contribution in [0.5, 0.6) is 11.6 Å². The average molecular weight is 350 g/mol. The number of nitrogens with zero attached hydrogens (tertiary/aromatic N) is 1. The van der Waals surface area contributed by atoms with Crippen molar-refractivity contribution in [3.05, 3.63) is 47.4 Å². The zero-order chi connectivity index (χ0) is 17.5. The zero-order valence-corrected chi connectivity index (χ0v) is 14.7. The number of halogens is 2. The van der Waals surface area contributed by atoms with E-state index < -0.39 is 24.1 Å². The normalized spacial score (nSPS) is 18.7. The molecule has 7 heteroatoms. The number of hydrogen-bond donors (Lipinski definition) is 0. The monoisotopic (exact) mass is 349 g/mol. The van der Waals surface area contributed by atoms with Gasteiger partial charge in [-0.25, -0.2) is 9.37 Å². The molecule has 0 atom stereocenters. The van der Waals surface area contributed by atoms with Crippen molar-refractivity contribution in [2.45, 2.75) is 38.9 Å². The molecule has 1 saturated heterocycles. The third-order valence-electron chi connectivity index (χ3n) is 4.40. The molecule has 4 nitrogen and oxygen atoms in total. The lowest BCUT2D eigenvalue weighted by Gasteiger charge is -2.32. The molecule has 24 heavy (non-hydrogen) atoms. The first-order chi connectivity index (χ1) is 11.2.